The van der Waals surface area contributed by atoms with Gasteiger partial charge in [0, 0.05) is 41.1 Å². The maximum absolute atomic E-state index is 12.6. The largest absolute Gasteiger partial charge is 0.335 e. The second kappa shape index (κ2) is 8.39. The summed E-state index contributed by atoms with van der Waals surface area (Å²) in [6.45, 7) is 0. The highest BCUT2D eigenvalue weighted by Crippen LogP contribution is 2.20. The lowest BCUT2D eigenvalue weighted by Crippen LogP contribution is -2.30. The Balaban J connectivity index is 1.36. The lowest BCUT2D eigenvalue weighted by atomic mass is 10.2. The molecule has 1 aliphatic carbocycles. The normalized spacial score (nSPS) is 12.7. The molecular formula is C21H20N6O2. The first-order chi connectivity index (χ1) is 14.2. The number of urea groups is 1. The van der Waals surface area contributed by atoms with E-state index in [1.54, 1.807) is 60.9 Å². The van der Waals surface area contributed by atoms with Crippen molar-refractivity contribution in [2.75, 3.05) is 16.0 Å². The Morgan fingerprint density at radius 1 is 0.828 bits per heavy atom. The second-order valence-corrected chi connectivity index (χ2v) is 6.68. The molecule has 2 aromatic carbocycles. The van der Waals surface area contributed by atoms with Gasteiger partial charge >= 0.3 is 6.03 Å². The molecular weight excluding hydrogens is 368 g/mol. The summed E-state index contributed by atoms with van der Waals surface area (Å²) in [4.78, 5) is 32.5. The highest BCUT2D eigenvalue weighted by Gasteiger charge is 2.23. The van der Waals surface area contributed by atoms with Crippen LogP contribution in [0.4, 0.5) is 27.8 Å². The van der Waals surface area contributed by atoms with Crippen LogP contribution in [-0.2, 0) is 0 Å². The zero-order chi connectivity index (χ0) is 20.1. The summed E-state index contributed by atoms with van der Waals surface area (Å²) in [6, 6.07) is 15.9. The second-order valence-electron chi connectivity index (χ2n) is 6.68. The van der Waals surface area contributed by atoms with Crippen molar-refractivity contribution in [3.8, 4) is 0 Å². The van der Waals surface area contributed by atoms with E-state index in [0.29, 0.717) is 34.6 Å². The lowest BCUT2D eigenvalue weighted by molar-refractivity contribution is 0.102. The predicted molar refractivity (Wildman–Crippen MR) is 111 cm³/mol. The molecule has 4 rings (SSSR count). The van der Waals surface area contributed by atoms with E-state index in [1.165, 1.54) is 0 Å². The van der Waals surface area contributed by atoms with E-state index in [4.69, 9.17) is 0 Å². The summed E-state index contributed by atoms with van der Waals surface area (Å²) in [6.07, 6.45) is 5.35. The molecule has 0 bridgehead atoms. The average molecular weight is 388 g/mol. The van der Waals surface area contributed by atoms with Crippen molar-refractivity contribution < 1.29 is 9.59 Å². The summed E-state index contributed by atoms with van der Waals surface area (Å²) < 4.78 is 0. The molecule has 0 spiro atoms. The summed E-state index contributed by atoms with van der Waals surface area (Å²) in [5.74, 6) is 0.216. The van der Waals surface area contributed by atoms with E-state index in [2.05, 4.69) is 31.2 Å². The van der Waals surface area contributed by atoms with Gasteiger partial charge in [-0.15, -0.1) is 0 Å². The van der Waals surface area contributed by atoms with Crippen LogP contribution in [0.1, 0.15) is 23.2 Å². The van der Waals surface area contributed by atoms with Gasteiger partial charge in [0.2, 0.25) is 5.95 Å². The van der Waals surface area contributed by atoms with E-state index >= 15 is 0 Å². The van der Waals surface area contributed by atoms with Gasteiger partial charge in [0.25, 0.3) is 5.91 Å². The number of amides is 3. The van der Waals surface area contributed by atoms with Crippen molar-refractivity contribution in [1.29, 1.82) is 0 Å². The molecule has 4 N–H and O–H groups in total. The van der Waals surface area contributed by atoms with Crippen LogP contribution in [0.15, 0.2) is 67.0 Å². The molecule has 0 saturated heterocycles. The van der Waals surface area contributed by atoms with Crippen molar-refractivity contribution >= 4 is 34.9 Å². The van der Waals surface area contributed by atoms with Gasteiger partial charge in [0.05, 0.1) is 0 Å². The van der Waals surface area contributed by atoms with Crippen LogP contribution < -0.4 is 21.3 Å². The van der Waals surface area contributed by atoms with Crippen LogP contribution in [-0.4, -0.2) is 27.9 Å². The number of rotatable bonds is 6. The third-order valence-electron chi connectivity index (χ3n) is 4.26. The van der Waals surface area contributed by atoms with Gasteiger partial charge in [-0.2, -0.15) is 0 Å². The smallest absolute Gasteiger partial charge is 0.319 e. The van der Waals surface area contributed by atoms with Crippen LogP contribution in [0.5, 0.6) is 0 Å². The minimum absolute atomic E-state index is 0.212. The van der Waals surface area contributed by atoms with Crippen LogP contribution in [0.3, 0.4) is 0 Å². The quantitative estimate of drug-likeness (QED) is 0.514. The van der Waals surface area contributed by atoms with Crippen molar-refractivity contribution in [3.05, 3.63) is 72.6 Å². The summed E-state index contributed by atoms with van der Waals surface area (Å²) in [5, 5.41) is 11.5. The molecule has 1 saturated carbocycles. The summed E-state index contributed by atoms with van der Waals surface area (Å²) in [7, 11) is 0. The Hall–Kier alpha value is -3.94. The number of carbonyl (C=O) groups is 2. The number of nitrogens with one attached hydrogen (secondary N) is 4. The van der Waals surface area contributed by atoms with Gasteiger partial charge in [0.1, 0.15) is 0 Å². The molecule has 1 fully saturated rings. The van der Waals surface area contributed by atoms with E-state index in [0.717, 1.165) is 12.8 Å². The number of carbonyl (C=O) groups excluding carboxylic acids is 2. The Labute approximate surface area is 167 Å². The highest BCUT2D eigenvalue weighted by atomic mass is 16.2. The van der Waals surface area contributed by atoms with Gasteiger partial charge in [-0.3, -0.25) is 4.79 Å². The maximum atomic E-state index is 12.6. The first-order valence-corrected chi connectivity index (χ1v) is 9.29. The molecule has 3 amide bonds. The Morgan fingerprint density at radius 2 is 1.52 bits per heavy atom. The van der Waals surface area contributed by atoms with Gasteiger partial charge < -0.3 is 21.3 Å². The maximum Gasteiger partial charge on any atom is 0.319 e. The van der Waals surface area contributed by atoms with Crippen molar-refractivity contribution in [1.82, 2.24) is 15.3 Å². The minimum atomic E-state index is -0.241. The standard InChI is InChI=1S/C21H20N6O2/c28-19(14-3-1-4-18(13-14)25-20-22-11-2-12-23-20)24-15-5-7-16(8-6-15)26-21(29)27-17-9-10-17/h1-8,11-13,17H,9-10H2,(H,24,28)(H,22,23,25)(H2,26,27,29). The van der Waals surface area contributed by atoms with E-state index < -0.39 is 0 Å². The number of aromatic nitrogens is 2. The monoisotopic (exact) mass is 388 g/mol. The molecule has 3 aromatic rings. The zero-order valence-corrected chi connectivity index (χ0v) is 15.6. The van der Waals surface area contributed by atoms with Crippen LogP contribution in [0.2, 0.25) is 0 Å². The third kappa shape index (κ3) is 5.29. The van der Waals surface area contributed by atoms with Crippen molar-refractivity contribution in [2.45, 2.75) is 18.9 Å². The lowest BCUT2D eigenvalue weighted by Gasteiger charge is -2.10. The van der Waals surface area contributed by atoms with E-state index in [9.17, 15) is 9.59 Å². The molecule has 1 heterocycles. The van der Waals surface area contributed by atoms with Crippen LogP contribution in [0.25, 0.3) is 0 Å². The highest BCUT2D eigenvalue weighted by molar-refractivity contribution is 6.05. The van der Waals surface area contributed by atoms with Crippen LogP contribution in [0, 0.1) is 0 Å². The number of anilines is 4. The predicted octanol–water partition coefficient (Wildman–Crippen LogP) is 3.76. The van der Waals surface area contributed by atoms with Crippen LogP contribution >= 0.6 is 0 Å². The van der Waals surface area contributed by atoms with E-state index in [-0.39, 0.29) is 11.9 Å². The van der Waals surface area contributed by atoms with Gasteiger partial charge in [0.15, 0.2) is 0 Å². The third-order valence-corrected chi connectivity index (χ3v) is 4.26. The first-order valence-electron chi connectivity index (χ1n) is 9.29. The molecule has 1 aromatic heterocycles. The Bertz CT molecular complexity index is 1000. The van der Waals surface area contributed by atoms with Crippen molar-refractivity contribution in [3.63, 3.8) is 0 Å². The number of nitrogens with zero attached hydrogens (tertiary/aromatic N) is 2. The van der Waals surface area contributed by atoms with E-state index in [1.807, 2.05) is 6.07 Å². The van der Waals surface area contributed by atoms with Gasteiger partial charge in [-0.1, -0.05) is 6.07 Å². The van der Waals surface area contributed by atoms with Gasteiger partial charge in [-0.25, -0.2) is 14.8 Å². The molecule has 0 unspecified atom stereocenters. The first kappa shape index (κ1) is 18.4. The molecule has 8 heteroatoms. The Kier molecular flexibility index (Phi) is 5.33. The zero-order valence-electron chi connectivity index (χ0n) is 15.6. The SMILES string of the molecule is O=C(Nc1ccc(NC(=O)c2cccc(Nc3ncccn3)c2)cc1)NC1CC1. The molecule has 146 valence electrons. The average Bonchev–Trinajstić information content (AvgIpc) is 3.54. The molecule has 29 heavy (non-hydrogen) atoms. The molecule has 8 nitrogen and oxygen atoms in total. The molecule has 0 atom stereocenters. The van der Waals surface area contributed by atoms with Crippen molar-refractivity contribution in [2.24, 2.45) is 0 Å². The topological polar surface area (TPSA) is 108 Å². The number of hydrogen-bond donors (Lipinski definition) is 4. The minimum Gasteiger partial charge on any atom is -0.335 e. The molecule has 1 aliphatic rings. The fourth-order valence-corrected chi connectivity index (χ4v) is 2.65. The fraction of sp³-hybridized carbons (Fsp3) is 0.143. The summed E-state index contributed by atoms with van der Waals surface area (Å²) >= 11 is 0. The van der Waals surface area contributed by atoms with Gasteiger partial charge in [-0.05, 0) is 61.4 Å². The summed E-state index contributed by atoms with van der Waals surface area (Å²) in [5.41, 5.74) is 2.50. The number of hydrogen-bond acceptors (Lipinski definition) is 5. The number of benzene rings is 2. The molecule has 0 radical (unpaired) electrons. The Morgan fingerprint density at radius 3 is 2.21 bits per heavy atom. The fourth-order valence-electron chi connectivity index (χ4n) is 2.65. The molecule has 0 aliphatic heterocycles.